The number of aryl methyl sites for hydroxylation is 4. The summed E-state index contributed by atoms with van der Waals surface area (Å²) in [4.78, 5) is 12.5. The van der Waals surface area contributed by atoms with Crippen molar-refractivity contribution in [3.05, 3.63) is 44.6 Å². The lowest BCUT2D eigenvalue weighted by Crippen LogP contribution is -2.23. The summed E-state index contributed by atoms with van der Waals surface area (Å²) in [5, 5.41) is 14.3. The van der Waals surface area contributed by atoms with Crippen LogP contribution in [0.1, 0.15) is 36.2 Å². The Balaban J connectivity index is 3.01. The van der Waals surface area contributed by atoms with Gasteiger partial charge in [0.15, 0.2) is 5.75 Å². The van der Waals surface area contributed by atoms with Gasteiger partial charge in [0.05, 0.1) is 5.56 Å². The second-order valence-electron chi connectivity index (χ2n) is 5.47. The van der Waals surface area contributed by atoms with Crippen LogP contribution in [0, 0.1) is 19.7 Å². The number of hydrogen-bond donors (Lipinski definition) is 1. The molecule has 5 heteroatoms. The second-order valence-corrected chi connectivity index (χ2v) is 5.47. The molecular weight excluding hydrogens is 283 g/mol. The Bertz CT molecular complexity index is 794. The van der Waals surface area contributed by atoms with E-state index in [1.807, 2.05) is 13.8 Å². The van der Waals surface area contributed by atoms with Crippen LogP contribution >= 0.6 is 0 Å². The smallest absolute Gasteiger partial charge is 0.278 e. The van der Waals surface area contributed by atoms with Gasteiger partial charge in [-0.1, -0.05) is 19.9 Å². The van der Waals surface area contributed by atoms with Crippen LogP contribution in [-0.2, 0) is 19.9 Å². The van der Waals surface area contributed by atoms with Gasteiger partial charge < -0.3 is 5.11 Å². The predicted octanol–water partition coefficient (Wildman–Crippen LogP) is 3.03. The quantitative estimate of drug-likeness (QED) is 0.948. The first-order valence-corrected chi connectivity index (χ1v) is 7.41. The molecule has 2 aromatic rings. The molecule has 0 radical (unpaired) electrons. The molecule has 0 aliphatic carbocycles. The molecule has 118 valence electrons. The number of rotatable bonds is 3. The van der Waals surface area contributed by atoms with Crippen molar-refractivity contribution in [1.29, 1.82) is 0 Å². The molecule has 1 N–H and O–H groups in total. The van der Waals surface area contributed by atoms with Crippen molar-refractivity contribution in [1.82, 2.24) is 9.78 Å². The minimum atomic E-state index is -0.421. The average molecular weight is 304 g/mol. The van der Waals surface area contributed by atoms with Gasteiger partial charge in [0.2, 0.25) is 0 Å². The molecule has 0 saturated heterocycles. The Morgan fingerprint density at radius 2 is 1.86 bits per heavy atom. The van der Waals surface area contributed by atoms with E-state index in [9.17, 15) is 14.3 Å². The molecule has 1 aromatic carbocycles. The summed E-state index contributed by atoms with van der Waals surface area (Å²) >= 11 is 0. The molecule has 4 nitrogen and oxygen atoms in total. The van der Waals surface area contributed by atoms with Crippen LogP contribution in [0.3, 0.4) is 0 Å². The van der Waals surface area contributed by atoms with Crippen molar-refractivity contribution in [3.63, 3.8) is 0 Å². The third-order valence-electron chi connectivity index (χ3n) is 4.00. The van der Waals surface area contributed by atoms with Gasteiger partial charge in [-0.3, -0.25) is 4.79 Å². The second kappa shape index (κ2) is 5.91. The van der Waals surface area contributed by atoms with Gasteiger partial charge >= 0.3 is 0 Å². The molecule has 1 heterocycles. The van der Waals surface area contributed by atoms with E-state index in [2.05, 4.69) is 5.10 Å². The molecule has 0 saturated carbocycles. The Kier molecular flexibility index (Phi) is 4.35. The topological polar surface area (TPSA) is 55.1 Å². The lowest BCUT2D eigenvalue weighted by atomic mass is 9.89. The van der Waals surface area contributed by atoms with Crippen molar-refractivity contribution in [2.24, 2.45) is 7.05 Å². The molecule has 0 amide bonds. The van der Waals surface area contributed by atoms with Crippen LogP contribution in [0.25, 0.3) is 11.1 Å². The first-order valence-electron chi connectivity index (χ1n) is 7.41. The summed E-state index contributed by atoms with van der Waals surface area (Å²) < 4.78 is 15.7. The van der Waals surface area contributed by atoms with Crippen molar-refractivity contribution in [2.45, 2.75) is 40.5 Å². The Morgan fingerprint density at radius 1 is 1.23 bits per heavy atom. The molecule has 0 unspecified atom stereocenters. The molecule has 22 heavy (non-hydrogen) atoms. The number of halogens is 1. The molecule has 1 aromatic heterocycles. The molecule has 0 bridgehead atoms. The van der Waals surface area contributed by atoms with E-state index in [-0.39, 0.29) is 17.1 Å². The summed E-state index contributed by atoms with van der Waals surface area (Å²) in [7, 11) is 1.53. The predicted molar refractivity (Wildman–Crippen MR) is 84.8 cm³/mol. The SMILES string of the molecule is CCc1cc(C)c(F)c(CC)c1-c1c(O)c(C)nn(C)c1=O. The van der Waals surface area contributed by atoms with E-state index < -0.39 is 5.56 Å². The van der Waals surface area contributed by atoms with Gasteiger partial charge in [0.1, 0.15) is 11.5 Å². The molecule has 0 aliphatic rings. The largest absolute Gasteiger partial charge is 0.505 e. The fourth-order valence-corrected chi connectivity index (χ4v) is 2.85. The average Bonchev–Trinajstić information content (AvgIpc) is 2.49. The maximum atomic E-state index is 14.5. The van der Waals surface area contributed by atoms with E-state index in [1.165, 1.54) is 11.7 Å². The highest BCUT2D eigenvalue weighted by molar-refractivity contribution is 5.76. The highest BCUT2D eigenvalue weighted by Crippen LogP contribution is 2.36. The standard InChI is InChI=1S/C17H21FN2O2/c1-6-11-8-9(3)15(18)12(7-2)13(11)14-16(21)10(4)19-20(5)17(14)22/h8,21H,6-7H2,1-5H3. The van der Waals surface area contributed by atoms with Gasteiger partial charge in [-0.2, -0.15) is 5.10 Å². The number of aromatic hydroxyl groups is 1. The van der Waals surface area contributed by atoms with Crippen molar-refractivity contribution in [3.8, 4) is 16.9 Å². The van der Waals surface area contributed by atoms with Crippen LogP contribution in [0.15, 0.2) is 10.9 Å². The molecular formula is C17H21FN2O2. The van der Waals surface area contributed by atoms with Crippen LogP contribution in [0.4, 0.5) is 4.39 Å². The zero-order chi connectivity index (χ0) is 16.6. The van der Waals surface area contributed by atoms with Gasteiger partial charge in [0.25, 0.3) is 5.56 Å². The minimum absolute atomic E-state index is 0.141. The lowest BCUT2D eigenvalue weighted by molar-refractivity contribution is 0.460. The summed E-state index contributed by atoms with van der Waals surface area (Å²) in [6.45, 7) is 7.13. The van der Waals surface area contributed by atoms with Crippen LogP contribution in [-0.4, -0.2) is 14.9 Å². The molecule has 0 spiro atoms. The minimum Gasteiger partial charge on any atom is -0.505 e. The van der Waals surface area contributed by atoms with E-state index in [0.29, 0.717) is 35.2 Å². The number of benzene rings is 1. The van der Waals surface area contributed by atoms with E-state index >= 15 is 0 Å². The van der Waals surface area contributed by atoms with Crippen molar-refractivity contribution >= 4 is 0 Å². The Hall–Kier alpha value is -2.17. The maximum Gasteiger partial charge on any atom is 0.278 e. The lowest BCUT2D eigenvalue weighted by Gasteiger charge is -2.18. The van der Waals surface area contributed by atoms with E-state index in [1.54, 1.807) is 19.9 Å². The highest BCUT2D eigenvalue weighted by atomic mass is 19.1. The number of aromatic nitrogens is 2. The molecule has 2 rings (SSSR count). The van der Waals surface area contributed by atoms with Crippen molar-refractivity contribution < 1.29 is 9.50 Å². The first kappa shape index (κ1) is 16.2. The normalized spacial score (nSPS) is 11.0. The third kappa shape index (κ3) is 2.40. The highest BCUT2D eigenvalue weighted by Gasteiger charge is 2.23. The molecule has 0 atom stereocenters. The zero-order valence-corrected chi connectivity index (χ0v) is 13.6. The van der Waals surface area contributed by atoms with Crippen LogP contribution in [0.2, 0.25) is 0 Å². The summed E-state index contributed by atoms with van der Waals surface area (Å²) in [6, 6.07) is 1.75. The summed E-state index contributed by atoms with van der Waals surface area (Å²) in [5.41, 5.74) is 2.46. The van der Waals surface area contributed by atoms with Crippen molar-refractivity contribution in [2.75, 3.05) is 0 Å². The van der Waals surface area contributed by atoms with Gasteiger partial charge in [-0.25, -0.2) is 9.07 Å². The molecule has 0 aliphatic heterocycles. The van der Waals surface area contributed by atoms with E-state index in [0.717, 1.165) is 5.56 Å². The monoisotopic (exact) mass is 304 g/mol. The van der Waals surface area contributed by atoms with Gasteiger partial charge in [-0.15, -0.1) is 0 Å². The zero-order valence-electron chi connectivity index (χ0n) is 13.6. The third-order valence-corrected chi connectivity index (χ3v) is 4.00. The Morgan fingerprint density at radius 3 is 2.41 bits per heavy atom. The Labute approximate surface area is 129 Å². The molecule has 0 fully saturated rings. The summed E-state index contributed by atoms with van der Waals surface area (Å²) in [6.07, 6.45) is 1.09. The van der Waals surface area contributed by atoms with E-state index in [4.69, 9.17) is 0 Å². The van der Waals surface area contributed by atoms with Gasteiger partial charge in [-0.05, 0) is 43.4 Å². The summed E-state index contributed by atoms with van der Waals surface area (Å²) in [5.74, 6) is -0.485. The van der Waals surface area contributed by atoms with Gasteiger partial charge in [0, 0.05) is 12.6 Å². The number of hydrogen-bond acceptors (Lipinski definition) is 3. The fraction of sp³-hybridized carbons (Fsp3) is 0.412. The van der Waals surface area contributed by atoms with Crippen LogP contribution in [0.5, 0.6) is 5.75 Å². The van der Waals surface area contributed by atoms with Crippen LogP contribution < -0.4 is 5.56 Å². The fourth-order valence-electron chi connectivity index (χ4n) is 2.85. The first-order chi connectivity index (χ1) is 10.3. The number of nitrogens with zero attached hydrogens (tertiary/aromatic N) is 2. The maximum absolute atomic E-state index is 14.5.